The number of benzene rings is 2. The van der Waals surface area contributed by atoms with Gasteiger partial charge in [0, 0.05) is 33.2 Å². The molecule has 0 radical (unpaired) electrons. The minimum Gasteiger partial charge on any atom is -0.492 e. The quantitative estimate of drug-likeness (QED) is 0.442. The number of aliphatic hydroxyl groups excluding tert-OH is 1. The molecule has 0 fully saturated rings. The summed E-state index contributed by atoms with van der Waals surface area (Å²) in [5, 5.41) is 12.5. The second-order valence-electron chi connectivity index (χ2n) is 8.36. The third-order valence-electron chi connectivity index (χ3n) is 4.43. The molecule has 2 aromatic carbocycles. The number of halogens is 1. The Balaban J connectivity index is 1.86. The molecule has 3 N–H and O–H groups in total. The molecule has 0 spiro atoms. The lowest BCUT2D eigenvalue weighted by Crippen LogP contribution is -2.25. The molecule has 1 unspecified atom stereocenters. The Morgan fingerprint density at radius 1 is 1.22 bits per heavy atom. The van der Waals surface area contributed by atoms with Gasteiger partial charge in [-0.15, -0.1) is 0 Å². The summed E-state index contributed by atoms with van der Waals surface area (Å²) >= 11 is 0. The van der Waals surface area contributed by atoms with E-state index in [1.54, 1.807) is 24.3 Å². The van der Waals surface area contributed by atoms with Crippen LogP contribution in [-0.2, 0) is 15.5 Å². The summed E-state index contributed by atoms with van der Waals surface area (Å²) in [6.07, 6.45) is 2.73. The molecule has 0 saturated heterocycles. The molecule has 8 nitrogen and oxygen atoms in total. The fourth-order valence-corrected chi connectivity index (χ4v) is 3.61. The maximum Gasteiger partial charge on any atom is 0.230 e. The number of rotatable bonds is 9. The number of nitrogens with one attached hydrogen (secondary N) is 2. The van der Waals surface area contributed by atoms with Gasteiger partial charge in [-0.25, -0.2) is 18.6 Å². The number of ether oxygens (including phenoxy) is 1. The van der Waals surface area contributed by atoms with Crippen molar-refractivity contribution in [2.45, 2.75) is 19.6 Å². The lowest BCUT2D eigenvalue weighted by molar-refractivity contribution is 0.0976. The lowest BCUT2D eigenvalue weighted by Gasteiger charge is -2.22. The predicted octanol–water partition coefficient (Wildman–Crippen LogP) is 4.00. The zero-order valence-corrected chi connectivity index (χ0v) is 18.9. The van der Waals surface area contributed by atoms with Crippen LogP contribution in [0.4, 0.5) is 16.0 Å². The molecular weight excluding hydrogens is 433 g/mol. The third-order valence-corrected chi connectivity index (χ3v) is 5.31. The van der Waals surface area contributed by atoms with E-state index in [0.717, 1.165) is 5.56 Å². The molecule has 10 heteroatoms. The van der Waals surface area contributed by atoms with Gasteiger partial charge in [-0.2, -0.15) is 4.98 Å². The van der Waals surface area contributed by atoms with Gasteiger partial charge in [-0.1, -0.05) is 26.0 Å². The first-order valence-electron chi connectivity index (χ1n) is 9.85. The maximum absolute atomic E-state index is 13.9. The van der Waals surface area contributed by atoms with Crippen molar-refractivity contribution in [1.82, 2.24) is 15.0 Å². The van der Waals surface area contributed by atoms with E-state index in [4.69, 9.17) is 9.52 Å². The SMILES string of the molecule is CC(C)(CO)COc1cc(F)ccc1-c1ncnc(Nc2cccc(CS(C)(=N)=O)c2)n1. The van der Waals surface area contributed by atoms with Crippen molar-refractivity contribution < 1.29 is 18.4 Å². The molecule has 1 heterocycles. The van der Waals surface area contributed by atoms with Gasteiger partial charge in [0.2, 0.25) is 5.95 Å². The van der Waals surface area contributed by atoms with Crippen molar-refractivity contribution in [2.24, 2.45) is 5.41 Å². The number of hydrogen-bond donors (Lipinski definition) is 3. The smallest absolute Gasteiger partial charge is 0.230 e. The second kappa shape index (κ2) is 9.58. The summed E-state index contributed by atoms with van der Waals surface area (Å²) in [7, 11) is -2.67. The highest BCUT2D eigenvalue weighted by Crippen LogP contribution is 2.30. The Morgan fingerprint density at radius 3 is 2.72 bits per heavy atom. The first kappa shape index (κ1) is 23.6. The molecule has 1 atom stereocenters. The van der Waals surface area contributed by atoms with Gasteiger partial charge in [0.25, 0.3) is 0 Å². The number of aliphatic hydroxyl groups is 1. The molecule has 0 aliphatic carbocycles. The van der Waals surface area contributed by atoms with E-state index >= 15 is 0 Å². The van der Waals surface area contributed by atoms with E-state index in [1.807, 2.05) is 13.8 Å². The van der Waals surface area contributed by atoms with Crippen LogP contribution in [-0.4, -0.2) is 43.7 Å². The van der Waals surface area contributed by atoms with Gasteiger partial charge in [0.05, 0.1) is 24.5 Å². The summed E-state index contributed by atoms with van der Waals surface area (Å²) in [4.78, 5) is 12.7. The highest BCUT2D eigenvalue weighted by Gasteiger charge is 2.20. The van der Waals surface area contributed by atoms with E-state index in [9.17, 15) is 13.7 Å². The van der Waals surface area contributed by atoms with E-state index in [1.165, 1.54) is 30.8 Å². The molecule has 3 rings (SSSR count). The van der Waals surface area contributed by atoms with Crippen molar-refractivity contribution in [3.63, 3.8) is 0 Å². The Bertz CT molecular complexity index is 1200. The van der Waals surface area contributed by atoms with Crippen molar-refractivity contribution in [1.29, 1.82) is 4.78 Å². The molecule has 0 aliphatic rings. The van der Waals surface area contributed by atoms with Crippen LogP contribution in [0.25, 0.3) is 11.4 Å². The summed E-state index contributed by atoms with van der Waals surface area (Å²) in [6, 6.07) is 11.3. The summed E-state index contributed by atoms with van der Waals surface area (Å²) < 4.78 is 39.0. The Hall–Kier alpha value is -3.11. The molecule has 0 bridgehead atoms. The zero-order chi connectivity index (χ0) is 23.4. The van der Waals surface area contributed by atoms with Crippen LogP contribution in [0, 0.1) is 16.0 Å². The average Bonchev–Trinajstić information content (AvgIpc) is 2.72. The minimum atomic E-state index is -2.67. The lowest BCUT2D eigenvalue weighted by atomic mass is 9.96. The van der Waals surface area contributed by atoms with Gasteiger partial charge in [-0.05, 0) is 29.8 Å². The normalized spacial score (nSPS) is 13.4. The highest BCUT2D eigenvalue weighted by molar-refractivity contribution is 7.90. The van der Waals surface area contributed by atoms with Crippen molar-refractivity contribution >= 4 is 21.4 Å². The largest absolute Gasteiger partial charge is 0.492 e. The van der Waals surface area contributed by atoms with Crippen molar-refractivity contribution in [3.05, 3.63) is 60.2 Å². The maximum atomic E-state index is 13.9. The zero-order valence-electron chi connectivity index (χ0n) is 18.1. The second-order valence-corrected chi connectivity index (χ2v) is 10.7. The average molecular weight is 460 g/mol. The fraction of sp³-hybridized carbons (Fsp3) is 0.318. The highest BCUT2D eigenvalue weighted by atomic mass is 32.2. The molecule has 32 heavy (non-hydrogen) atoms. The van der Waals surface area contributed by atoms with Gasteiger partial charge in [0.1, 0.15) is 17.9 Å². The first-order chi connectivity index (χ1) is 15.0. The molecule has 3 aromatic rings. The van der Waals surface area contributed by atoms with Crippen LogP contribution < -0.4 is 10.1 Å². The molecule has 0 saturated carbocycles. The Labute approximate surface area is 186 Å². The summed E-state index contributed by atoms with van der Waals surface area (Å²) in [5.74, 6) is 0.501. The third kappa shape index (κ3) is 6.69. The Kier molecular flexibility index (Phi) is 7.05. The number of anilines is 2. The number of hydrogen-bond acceptors (Lipinski definition) is 8. The molecule has 0 aliphatic heterocycles. The molecule has 1 aromatic heterocycles. The van der Waals surface area contributed by atoms with Gasteiger partial charge in [0.15, 0.2) is 5.82 Å². The molecule has 0 amide bonds. The standard InChI is InChI=1S/C22H26FN5O3S/c1-22(2,12-29)13-31-19-10-16(23)7-8-18(19)20-25-14-26-21(28-20)27-17-6-4-5-15(9-17)11-32(3,24)30/h4-10,14,24,29H,11-13H2,1-3H3,(H,25,26,27,28). The summed E-state index contributed by atoms with van der Waals surface area (Å²) in [6.45, 7) is 3.77. The molecular formula is C22H26FN5O3S. The van der Waals surface area contributed by atoms with Crippen LogP contribution >= 0.6 is 0 Å². The first-order valence-corrected chi connectivity index (χ1v) is 12.0. The van der Waals surface area contributed by atoms with Gasteiger partial charge < -0.3 is 15.2 Å². The van der Waals surface area contributed by atoms with E-state index in [0.29, 0.717) is 11.3 Å². The van der Waals surface area contributed by atoms with E-state index in [-0.39, 0.29) is 36.5 Å². The predicted molar refractivity (Wildman–Crippen MR) is 122 cm³/mol. The number of nitrogens with zero attached hydrogens (tertiary/aromatic N) is 3. The van der Waals surface area contributed by atoms with Crippen LogP contribution in [0.3, 0.4) is 0 Å². The number of aromatic nitrogens is 3. The van der Waals surface area contributed by atoms with Crippen LogP contribution in [0.1, 0.15) is 19.4 Å². The topological polar surface area (TPSA) is 121 Å². The van der Waals surface area contributed by atoms with Gasteiger partial charge in [-0.3, -0.25) is 4.78 Å². The van der Waals surface area contributed by atoms with Crippen LogP contribution in [0.2, 0.25) is 0 Å². The van der Waals surface area contributed by atoms with E-state index < -0.39 is 21.0 Å². The van der Waals surface area contributed by atoms with Crippen LogP contribution in [0.5, 0.6) is 5.75 Å². The van der Waals surface area contributed by atoms with Gasteiger partial charge >= 0.3 is 0 Å². The van der Waals surface area contributed by atoms with Crippen molar-refractivity contribution in [2.75, 3.05) is 24.8 Å². The summed E-state index contributed by atoms with van der Waals surface area (Å²) in [5.41, 5.74) is 1.41. The monoisotopic (exact) mass is 459 g/mol. The molecule has 170 valence electrons. The van der Waals surface area contributed by atoms with E-state index in [2.05, 4.69) is 20.3 Å². The van der Waals surface area contributed by atoms with Crippen LogP contribution in [0.15, 0.2) is 48.8 Å². The fourth-order valence-electron chi connectivity index (χ4n) is 2.79. The Morgan fingerprint density at radius 2 is 2.00 bits per heavy atom. The van der Waals surface area contributed by atoms with Crippen molar-refractivity contribution in [3.8, 4) is 17.1 Å². The minimum absolute atomic E-state index is 0.0796.